The van der Waals surface area contributed by atoms with Gasteiger partial charge < -0.3 is 15.1 Å². The number of hydrogen-bond donors (Lipinski definition) is 1. The van der Waals surface area contributed by atoms with E-state index in [1.54, 1.807) is 4.90 Å². The van der Waals surface area contributed by atoms with E-state index in [2.05, 4.69) is 10.5 Å². The average Bonchev–Trinajstić information content (AvgIpc) is 3.14. The average molecular weight is 301 g/mol. The van der Waals surface area contributed by atoms with Crippen LogP contribution in [0.3, 0.4) is 0 Å². The van der Waals surface area contributed by atoms with E-state index in [4.69, 9.17) is 4.84 Å². The summed E-state index contributed by atoms with van der Waals surface area (Å²) in [5.41, 5.74) is 2.74. The minimum absolute atomic E-state index is 0.153. The van der Waals surface area contributed by atoms with E-state index in [0.29, 0.717) is 19.4 Å². The fourth-order valence-corrected chi connectivity index (χ4v) is 2.65. The Kier molecular flexibility index (Phi) is 4.09. The maximum Gasteiger partial charge on any atom is 0.264 e. The summed E-state index contributed by atoms with van der Waals surface area (Å²) in [5.74, 6) is 0.0224. The molecule has 0 saturated carbocycles. The number of rotatable bonds is 4. The quantitative estimate of drug-likeness (QED) is 0.918. The highest BCUT2D eigenvalue weighted by molar-refractivity contribution is 5.95. The van der Waals surface area contributed by atoms with Gasteiger partial charge in [-0.25, -0.2) is 0 Å². The molecule has 0 unspecified atom stereocenters. The van der Waals surface area contributed by atoms with Crippen molar-refractivity contribution >= 4 is 23.2 Å². The lowest BCUT2D eigenvalue weighted by Gasteiger charge is -2.16. The Labute approximate surface area is 129 Å². The maximum absolute atomic E-state index is 11.9. The van der Waals surface area contributed by atoms with Crippen molar-refractivity contribution in [2.45, 2.75) is 38.8 Å². The van der Waals surface area contributed by atoms with Gasteiger partial charge in [-0.15, -0.1) is 0 Å². The van der Waals surface area contributed by atoms with E-state index in [-0.39, 0.29) is 11.8 Å². The van der Waals surface area contributed by atoms with Gasteiger partial charge in [0.05, 0.1) is 5.71 Å². The Hall–Kier alpha value is -2.37. The van der Waals surface area contributed by atoms with Gasteiger partial charge in [0.25, 0.3) is 5.91 Å². The van der Waals surface area contributed by atoms with Crippen molar-refractivity contribution in [3.63, 3.8) is 0 Å². The molecule has 1 aromatic carbocycles. The van der Waals surface area contributed by atoms with E-state index in [9.17, 15) is 9.59 Å². The van der Waals surface area contributed by atoms with Crippen molar-refractivity contribution in [1.29, 1.82) is 0 Å². The molecule has 6 heteroatoms. The fraction of sp³-hybridized carbons (Fsp3) is 0.438. The molecule has 1 fully saturated rings. The highest BCUT2D eigenvalue weighted by Crippen LogP contribution is 2.21. The summed E-state index contributed by atoms with van der Waals surface area (Å²) >= 11 is 0. The van der Waals surface area contributed by atoms with E-state index >= 15 is 0 Å². The first kappa shape index (κ1) is 14.6. The van der Waals surface area contributed by atoms with E-state index in [0.717, 1.165) is 29.9 Å². The molecule has 2 aliphatic heterocycles. The number of benzene rings is 1. The zero-order chi connectivity index (χ0) is 15.5. The first-order valence-electron chi connectivity index (χ1n) is 7.50. The highest BCUT2D eigenvalue weighted by atomic mass is 16.6. The van der Waals surface area contributed by atoms with Crippen molar-refractivity contribution < 1.29 is 14.4 Å². The molecule has 6 nitrogen and oxygen atoms in total. The molecule has 3 rings (SSSR count). The van der Waals surface area contributed by atoms with Crippen LogP contribution in [-0.2, 0) is 21.0 Å². The fourth-order valence-electron chi connectivity index (χ4n) is 2.65. The lowest BCUT2D eigenvalue weighted by atomic mass is 10.1. The first-order chi connectivity index (χ1) is 10.6. The molecular formula is C16H19N3O3. The van der Waals surface area contributed by atoms with E-state index < -0.39 is 6.10 Å². The number of nitrogens with one attached hydrogen (secondary N) is 1. The molecule has 2 heterocycles. The molecule has 0 aromatic heterocycles. The van der Waals surface area contributed by atoms with E-state index in [1.165, 1.54) is 0 Å². The summed E-state index contributed by atoms with van der Waals surface area (Å²) in [6.45, 7) is 3.06. The second-order valence-corrected chi connectivity index (χ2v) is 5.66. The summed E-state index contributed by atoms with van der Waals surface area (Å²) in [7, 11) is 0. The Morgan fingerprint density at radius 2 is 2.18 bits per heavy atom. The number of carbonyl (C=O) groups excluding carboxylic acids is 2. The smallest absolute Gasteiger partial charge is 0.264 e. The second-order valence-electron chi connectivity index (χ2n) is 5.66. The summed E-state index contributed by atoms with van der Waals surface area (Å²) in [6.07, 6.45) is 1.57. The number of oxime groups is 1. The van der Waals surface area contributed by atoms with Crippen LogP contribution in [0.2, 0.25) is 0 Å². The van der Waals surface area contributed by atoms with Crippen molar-refractivity contribution in [3.05, 3.63) is 29.8 Å². The highest BCUT2D eigenvalue weighted by Gasteiger charge is 2.25. The van der Waals surface area contributed by atoms with Crippen molar-refractivity contribution in [2.75, 3.05) is 11.4 Å². The summed E-state index contributed by atoms with van der Waals surface area (Å²) in [6, 6.07) is 7.70. The molecule has 0 radical (unpaired) electrons. The van der Waals surface area contributed by atoms with Gasteiger partial charge in [0.2, 0.25) is 12.0 Å². The van der Waals surface area contributed by atoms with Crippen LogP contribution in [0.25, 0.3) is 0 Å². The van der Waals surface area contributed by atoms with Crippen molar-refractivity contribution in [1.82, 2.24) is 5.32 Å². The molecule has 1 N–H and O–H groups in total. The summed E-state index contributed by atoms with van der Waals surface area (Å²) in [4.78, 5) is 30.5. The lowest BCUT2D eigenvalue weighted by Crippen LogP contribution is -2.34. The van der Waals surface area contributed by atoms with Gasteiger partial charge in [0, 0.05) is 31.6 Å². The minimum atomic E-state index is -0.513. The van der Waals surface area contributed by atoms with Crippen LogP contribution in [0.4, 0.5) is 5.69 Å². The van der Waals surface area contributed by atoms with Crippen LogP contribution in [0, 0.1) is 0 Å². The number of hydrogen-bond acceptors (Lipinski definition) is 4. The van der Waals surface area contributed by atoms with Crippen LogP contribution in [0.1, 0.15) is 31.7 Å². The number of carbonyl (C=O) groups is 2. The van der Waals surface area contributed by atoms with E-state index in [1.807, 2.05) is 31.2 Å². The standard InChI is InChI=1S/C16H19N3O3/c1-11-9-14(22-18-11)16(21)17-10-12-4-6-13(7-5-12)19-8-2-3-15(19)20/h4-7,14H,2-3,8-10H2,1H3,(H,17,21)/t14-/m1/s1. The Morgan fingerprint density at radius 3 is 2.77 bits per heavy atom. The SMILES string of the molecule is CC1=NO[C@@H](C(=O)NCc2ccc(N3CCCC3=O)cc2)C1. The van der Waals surface area contributed by atoms with Gasteiger partial charge in [-0.1, -0.05) is 17.3 Å². The third-order valence-electron chi connectivity index (χ3n) is 3.90. The minimum Gasteiger partial charge on any atom is -0.382 e. The normalized spacial score (nSPS) is 20.8. The second kappa shape index (κ2) is 6.17. The molecule has 116 valence electrons. The largest absolute Gasteiger partial charge is 0.382 e. The summed E-state index contributed by atoms with van der Waals surface area (Å²) < 4.78 is 0. The van der Waals surface area contributed by atoms with Crippen molar-refractivity contribution in [2.24, 2.45) is 5.16 Å². The number of amides is 2. The molecule has 0 aliphatic carbocycles. The van der Waals surface area contributed by atoms with Gasteiger partial charge in [0.15, 0.2) is 0 Å². The summed E-state index contributed by atoms with van der Waals surface area (Å²) in [5, 5.41) is 6.62. The maximum atomic E-state index is 11.9. The van der Waals surface area contributed by atoms with Gasteiger partial charge in [0.1, 0.15) is 0 Å². The van der Waals surface area contributed by atoms with Gasteiger partial charge in [-0.2, -0.15) is 0 Å². The Bertz CT molecular complexity index is 610. The molecule has 1 saturated heterocycles. The number of anilines is 1. The molecule has 2 aliphatic rings. The van der Waals surface area contributed by atoms with Crippen LogP contribution < -0.4 is 10.2 Å². The molecule has 2 amide bonds. The predicted molar refractivity (Wildman–Crippen MR) is 82.5 cm³/mol. The van der Waals surface area contributed by atoms with Crippen LogP contribution in [0.5, 0.6) is 0 Å². The zero-order valence-electron chi connectivity index (χ0n) is 12.5. The van der Waals surface area contributed by atoms with Crippen LogP contribution in [0.15, 0.2) is 29.4 Å². The van der Waals surface area contributed by atoms with Crippen LogP contribution in [-0.4, -0.2) is 30.2 Å². The monoisotopic (exact) mass is 301 g/mol. The van der Waals surface area contributed by atoms with Gasteiger partial charge in [-0.05, 0) is 31.0 Å². The number of nitrogens with zero attached hydrogens (tertiary/aromatic N) is 2. The molecule has 0 spiro atoms. The van der Waals surface area contributed by atoms with Crippen LogP contribution >= 0.6 is 0 Å². The third-order valence-corrected chi connectivity index (χ3v) is 3.90. The molecule has 1 aromatic rings. The van der Waals surface area contributed by atoms with Gasteiger partial charge in [-0.3, -0.25) is 9.59 Å². The Morgan fingerprint density at radius 1 is 1.41 bits per heavy atom. The topological polar surface area (TPSA) is 71.0 Å². The Balaban J connectivity index is 1.53. The van der Waals surface area contributed by atoms with Gasteiger partial charge >= 0.3 is 0 Å². The molecule has 0 bridgehead atoms. The predicted octanol–water partition coefficient (Wildman–Crippen LogP) is 1.59. The first-order valence-corrected chi connectivity index (χ1v) is 7.50. The third kappa shape index (κ3) is 3.10. The zero-order valence-corrected chi connectivity index (χ0v) is 12.5. The van der Waals surface area contributed by atoms with Crippen molar-refractivity contribution in [3.8, 4) is 0 Å². The molecular weight excluding hydrogens is 282 g/mol. The molecule has 1 atom stereocenters. The lowest BCUT2D eigenvalue weighted by molar-refractivity contribution is -0.131. The molecule has 22 heavy (non-hydrogen) atoms.